The smallest absolute Gasteiger partial charge is 0.323 e. The molecular formula is C20H31N3O4. The number of aldehydes is 1. The second-order valence-electron chi connectivity index (χ2n) is 6.46. The number of urea groups is 1. The molecule has 3 unspecified atom stereocenters. The van der Waals surface area contributed by atoms with Crippen molar-refractivity contribution in [3.05, 3.63) is 30.3 Å². The molecule has 2 rings (SSSR count). The van der Waals surface area contributed by atoms with E-state index in [2.05, 4.69) is 22.5 Å². The van der Waals surface area contributed by atoms with E-state index in [1.165, 1.54) is 7.11 Å². The van der Waals surface area contributed by atoms with Crippen LogP contribution in [0.25, 0.3) is 0 Å². The van der Waals surface area contributed by atoms with Crippen molar-refractivity contribution in [2.75, 3.05) is 19.5 Å². The molecule has 1 aliphatic heterocycles. The Balaban J connectivity index is 0.000000277. The molecule has 0 aliphatic carbocycles. The highest BCUT2D eigenvalue weighted by atomic mass is 16.5. The van der Waals surface area contributed by atoms with Crippen LogP contribution in [-0.4, -0.2) is 55.5 Å². The van der Waals surface area contributed by atoms with Crippen LogP contribution in [0, 0.1) is 0 Å². The van der Waals surface area contributed by atoms with Crippen molar-refractivity contribution >= 4 is 24.0 Å². The first-order valence-corrected chi connectivity index (χ1v) is 9.34. The third kappa shape index (κ3) is 7.38. The maximum absolute atomic E-state index is 11.4. The van der Waals surface area contributed by atoms with Gasteiger partial charge in [-0.15, -0.1) is 0 Å². The molecule has 1 heterocycles. The van der Waals surface area contributed by atoms with Gasteiger partial charge in [0.1, 0.15) is 12.3 Å². The van der Waals surface area contributed by atoms with Crippen LogP contribution in [0.5, 0.6) is 0 Å². The zero-order chi connectivity index (χ0) is 20.2. The largest absolute Gasteiger partial charge is 0.468 e. The van der Waals surface area contributed by atoms with Crippen LogP contribution in [0.1, 0.15) is 39.5 Å². The van der Waals surface area contributed by atoms with Crippen LogP contribution < -0.4 is 10.6 Å². The summed E-state index contributed by atoms with van der Waals surface area (Å²) in [5.41, 5.74) is 0.704. The number of anilines is 1. The summed E-state index contributed by atoms with van der Waals surface area (Å²) < 4.78 is 4.72. The van der Waals surface area contributed by atoms with Gasteiger partial charge in [-0.1, -0.05) is 32.0 Å². The van der Waals surface area contributed by atoms with Crippen LogP contribution in [0.4, 0.5) is 10.5 Å². The van der Waals surface area contributed by atoms with Crippen molar-refractivity contribution in [2.45, 2.75) is 57.7 Å². The van der Waals surface area contributed by atoms with E-state index in [-0.39, 0.29) is 18.0 Å². The number of nitrogens with one attached hydrogen (secondary N) is 2. The minimum atomic E-state index is -0.422. The number of carbonyl (C=O) groups is 3. The number of hydrogen-bond donors (Lipinski definition) is 2. The summed E-state index contributed by atoms with van der Waals surface area (Å²) in [5, 5.41) is 5.18. The Morgan fingerprint density at radius 2 is 1.93 bits per heavy atom. The molecular weight excluding hydrogens is 346 g/mol. The van der Waals surface area contributed by atoms with E-state index in [0.29, 0.717) is 18.2 Å². The molecule has 1 saturated heterocycles. The number of carbonyl (C=O) groups excluding carboxylic acids is 3. The quantitative estimate of drug-likeness (QED) is 0.588. The average Bonchev–Trinajstić information content (AvgIpc) is 3.07. The molecule has 1 aliphatic rings. The number of para-hydroxylation sites is 1. The van der Waals surface area contributed by atoms with Crippen LogP contribution in [0.2, 0.25) is 0 Å². The number of likely N-dealkylation sites (N-methyl/N-ethyl adjacent to an activating group) is 1. The van der Waals surface area contributed by atoms with Gasteiger partial charge in [0.2, 0.25) is 0 Å². The second-order valence-corrected chi connectivity index (χ2v) is 6.46. The zero-order valence-corrected chi connectivity index (χ0v) is 16.6. The number of likely N-dealkylation sites (tertiary alicyclic amines) is 1. The lowest BCUT2D eigenvalue weighted by Gasteiger charge is -2.22. The highest BCUT2D eigenvalue weighted by Gasteiger charge is 2.34. The number of nitrogens with zero attached hydrogens (tertiary/aromatic N) is 1. The predicted molar refractivity (Wildman–Crippen MR) is 106 cm³/mol. The minimum Gasteiger partial charge on any atom is -0.468 e. The number of hydrogen-bond acceptors (Lipinski definition) is 5. The third-order valence-electron chi connectivity index (χ3n) is 4.74. The van der Waals surface area contributed by atoms with Gasteiger partial charge in [-0.3, -0.25) is 9.69 Å². The van der Waals surface area contributed by atoms with E-state index >= 15 is 0 Å². The van der Waals surface area contributed by atoms with Gasteiger partial charge in [0.15, 0.2) is 0 Å². The summed E-state index contributed by atoms with van der Waals surface area (Å²) in [6.07, 6.45) is 4.49. The monoisotopic (exact) mass is 377 g/mol. The Bertz CT molecular complexity index is 594. The van der Waals surface area contributed by atoms with Gasteiger partial charge in [-0.05, 0) is 44.9 Å². The molecule has 0 saturated carbocycles. The first kappa shape index (κ1) is 22.6. The van der Waals surface area contributed by atoms with Crippen LogP contribution in [0.3, 0.4) is 0 Å². The van der Waals surface area contributed by atoms with Gasteiger partial charge in [-0.25, -0.2) is 4.79 Å². The molecule has 2 N–H and O–H groups in total. The molecule has 0 spiro atoms. The molecule has 7 nitrogen and oxygen atoms in total. The van der Waals surface area contributed by atoms with Crippen molar-refractivity contribution in [1.82, 2.24) is 10.2 Å². The van der Waals surface area contributed by atoms with E-state index in [1.54, 1.807) is 12.1 Å². The second kappa shape index (κ2) is 12.1. The van der Waals surface area contributed by atoms with Crippen LogP contribution in [0.15, 0.2) is 30.3 Å². The number of ether oxygens (including phenoxy) is 1. The molecule has 150 valence electrons. The van der Waals surface area contributed by atoms with Gasteiger partial charge in [0.25, 0.3) is 0 Å². The lowest BCUT2D eigenvalue weighted by molar-refractivity contribution is -0.145. The molecule has 7 heteroatoms. The molecule has 3 atom stereocenters. The zero-order valence-electron chi connectivity index (χ0n) is 16.6. The Labute approximate surface area is 161 Å². The van der Waals surface area contributed by atoms with Gasteiger partial charge >= 0.3 is 12.0 Å². The van der Waals surface area contributed by atoms with E-state index in [9.17, 15) is 14.4 Å². The van der Waals surface area contributed by atoms with Crippen molar-refractivity contribution in [3.63, 3.8) is 0 Å². The molecule has 0 bridgehead atoms. The van der Waals surface area contributed by atoms with Crippen molar-refractivity contribution in [2.24, 2.45) is 0 Å². The number of benzene rings is 1. The number of amides is 2. The molecule has 27 heavy (non-hydrogen) atoms. The lowest BCUT2D eigenvalue weighted by Crippen LogP contribution is -2.38. The maximum Gasteiger partial charge on any atom is 0.323 e. The predicted octanol–water partition coefficient (Wildman–Crippen LogP) is 2.82. The Kier molecular flexibility index (Phi) is 10.1. The fourth-order valence-corrected chi connectivity index (χ4v) is 3.01. The van der Waals surface area contributed by atoms with Crippen molar-refractivity contribution in [1.29, 1.82) is 0 Å². The summed E-state index contributed by atoms with van der Waals surface area (Å²) in [5.74, 6) is -0.0894. The fraction of sp³-hybridized carbons (Fsp3) is 0.550. The summed E-state index contributed by atoms with van der Waals surface area (Å²) >= 11 is 0. The number of rotatable bonds is 6. The normalized spacial score (nSPS) is 20.0. The van der Waals surface area contributed by atoms with Crippen molar-refractivity contribution < 1.29 is 19.1 Å². The average molecular weight is 377 g/mol. The topological polar surface area (TPSA) is 87.7 Å². The maximum atomic E-state index is 11.4. The molecule has 1 aromatic carbocycles. The summed E-state index contributed by atoms with van der Waals surface area (Å²) in [6.45, 7) is 3.99. The lowest BCUT2D eigenvalue weighted by atomic mass is 10.1. The molecule has 0 radical (unpaired) electrons. The van der Waals surface area contributed by atoms with E-state index in [0.717, 1.165) is 25.5 Å². The van der Waals surface area contributed by atoms with Gasteiger partial charge in [0, 0.05) is 11.7 Å². The SMILES string of the molecule is CCC(C=O)NC(=O)Nc1ccccc1.CCC1CCC(C(=O)OC)N1C. The first-order valence-electron chi connectivity index (χ1n) is 9.34. The van der Waals surface area contributed by atoms with E-state index in [1.807, 2.05) is 32.2 Å². The third-order valence-corrected chi connectivity index (χ3v) is 4.74. The Morgan fingerprint density at radius 1 is 1.26 bits per heavy atom. The van der Waals surface area contributed by atoms with E-state index < -0.39 is 6.04 Å². The Morgan fingerprint density at radius 3 is 2.41 bits per heavy atom. The minimum absolute atomic E-state index is 0.0000463. The fourth-order valence-electron chi connectivity index (χ4n) is 3.01. The number of methoxy groups -OCH3 is 1. The summed E-state index contributed by atoms with van der Waals surface area (Å²) in [4.78, 5) is 35.2. The molecule has 1 fully saturated rings. The standard InChI is InChI=1S/C11H14N2O2.C9H17NO2/c1-2-9(8-14)12-11(15)13-10-6-4-3-5-7-10;1-4-7-5-6-8(10(7)2)9(11)12-3/h3-9H,2H2,1H3,(H2,12,13,15);7-8H,4-6H2,1-3H3. The van der Waals surface area contributed by atoms with Gasteiger partial charge in [-0.2, -0.15) is 0 Å². The van der Waals surface area contributed by atoms with Crippen LogP contribution in [-0.2, 0) is 14.3 Å². The first-order chi connectivity index (χ1) is 13.0. The van der Waals surface area contributed by atoms with Crippen LogP contribution >= 0.6 is 0 Å². The highest BCUT2D eigenvalue weighted by molar-refractivity contribution is 5.90. The molecule has 1 aromatic rings. The summed E-state index contributed by atoms with van der Waals surface area (Å²) in [7, 11) is 3.46. The van der Waals surface area contributed by atoms with Gasteiger partial charge in [0.05, 0.1) is 13.2 Å². The molecule has 0 aromatic heterocycles. The van der Waals surface area contributed by atoms with Crippen molar-refractivity contribution in [3.8, 4) is 0 Å². The number of esters is 1. The summed E-state index contributed by atoms with van der Waals surface area (Å²) in [6, 6.07) is 8.86. The highest BCUT2D eigenvalue weighted by Crippen LogP contribution is 2.24. The Hall–Kier alpha value is -2.41. The van der Waals surface area contributed by atoms with Gasteiger partial charge < -0.3 is 20.2 Å². The van der Waals surface area contributed by atoms with E-state index in [4.69, 9.17) is 4.74 Å². The molecule has 2 amide bonds.